The number of carbonyl (C=O) groups is 1. The number of aryl methyl sites for hydroxylation is 1. The highest BCUT2D eigenvalue weighted by Crippen LogP contribution is 2.39. The largest absolute Gasteiger partial charge is 0.478 e. The maximum absolute atomic E-state index is 13.4. The van der Waals surface area contributed by atoms with Gasteiger partial charge >= 0.3 is 0 Å². The minimum atomic E-state index is -3.22. The summed E-state index contributed by atoms with van der Waals surface area (Å²) >= 11 is 0. The van der Waals surface area contributed by atoms with Crippen LogP contribution in [0.4, 0.5) is 10.1 Å². The quantitative estimate of drug-likeness (QED) is 0.685. The van der Waals surface area contributed by atoms with E-state index in [4.69, 9.17) is 4.74 Å². The third-order valence-corrected chi connectivity index (χ3v) is 7.81. The number of piperidine rings is 1. The number of carbonyl (C=O) groups excluding carboxylic acids is 1. The van der Waals surface area contributed by atoms with Crippen molar-refractivity contribution in [2.24, 2.45) is 0 Å². The number of anilines is 1. The fourth-order valence-corrected chi connectivity index (χ4v) is 5.62. The third-order valence-electron chi connectivity index (χ3n) is 6.68. The molecule has 2 heterocycles. The molecule has 2 bridgehead atoms. The number of rotatable bonds is 6. The zero-order valence-corrected chi connectivity index (χ0v) is 20.3. The second kappa shape index (κ2) is 8.63. The SMILES string of the molecule is Cc1cc(F)ccc1OC(C)(C)C(=O)NC1C[C@H]2CC[C@@H](C1)N2c1ccc(S(C)(=O)=O)cc1. The molecule has 3 atom stereocenters. The summed E-state index contributed by atoms with van der Waals surface area (Å²) in [6, 6.07) is 12.0. The topological polar surface area (TPSA) is 75.7 Å². The van der Waals surface area contributed by atoms with Gasteiger partial charge in [0.05, 0.1) is 4.90 Å². The number of benzene rings is 2. The molecule has 33 heavy (non-hydrogen) atoms. The van der Waals surface area contributed by atoms with Crippen LogP contribution in [0.15, 0.2) is 47.4 Å². The van der Waals surface area contributed by atoms with E-state index in [1.807, 2.05) is 12.1 Å². The van der Waals surface area contributed by atoms with E-state index in [2.05, 4.69) is 10.2 Å². The van der Waals surface area contributed by atoms with Gasteiger partial charge in [-0.1, -0.05) is 0 Å². The average molecular weight is 475 g/mol. The number of fused-ring (bicyclic) bond motifs is 2. The van der Waals surface area contributed by atoms with Crippen LogP contribution in [0.2, 0.25) is 0 Å². The van der Waals surface area contributed by atoms with Crippen LogP contribution in [-0.2, 0) is 14.6 Å². The molecule has 178 valence electrons. The summed E-state index contributed by atoms with van der Waals surface area (Å²) in [4.78, 5) is 15.7. The highest BCUT2D eigenvalue weighted by Gasteiger charge is 2.42. The van der Waals surface area contributed by atoms with Crippen molar-refractivity contribution in [2.75, 3.05) is 11.2 Å². The minimum Gasteiger partial charge on any atom is -0.478 e. The monoisotopic (exact) mass is 474 g/mol. The molecular weight excluding hydrogens is 443 g/mol. The fourth-order valence-electron chi connectivity index (χ4n) is 4.99. The molecule has 0 aromatic heterocycles. The highest BCUT2D eigenvalue weighted by atomic mass is 32.2. The Hall–Kier alpha value is -2.61. The molecule has 1 N–H and O–H groups in total. The van der Waals surface area contributed by atoms with Crippen molar-refractivity contribution in [3.8, 4) is 5.75 Å². The minimum absolute atomic E-state index is 0.0405. The summed E-state index contributed by atoms with van der Waals surface area (Å²) < 4.78 is 42.9. The van der Waals surface area contributed by atoms with Gasteiger partial charge in [0.1, 0.15) is 11.6 Å². The molecule has 0 spiro atoms. The van der Waals surface area contributed by atoms with Gasteiger partial charge in [0.25, 0.3) is 5.91 Å². The van der Waals surface area contributed by atoms with Crippen molar-refractivity contribution in [2.45, 2.75) is 75.1 Å². The smallest absolute Gasteiger partial charge is 0.263 e. The molecule has 0 saturated carbocycles. The van der Waals surface area contributed by atoms with Gasteiger partial charge in [0.2, 0.25) is 0 Å². The first-order valence-electron chi connectivity index (χ1n) is 11.3. The van der Waals surface area contributed by atoms with Crippen LogP contribution in [0, 0.1) is 12.7 Å². The van der Waals surface area contributed by atoms with Gasteiger partial charge in [-0.3, -0.25) is 4.79 Å². The lowest BCUT2D eigenvalue weighted by molar-refractivity contribution is -0.135. The van der Waals surface area contributed by atoms with E-state index in [-0.39, 0.29) is 17.8 Å². The molecule has 2 saturated heterocycles. The number of nitrogens with one attached hydrogen (secondary N) is 1. The number of hydrogen-bond donors (Lipinski definition) is 1. The molecule has 8 heteroatoms. The summed E-state index contributed by atoms with van der Waals surface area (Å²) in [5.41, 5.74) is 0.569. The number of ether oxygens (including phenoxy) is 1. The third kappa shape index (κ3) is 5.00. The summed E-state index contributed by atoms with van der Waals surface area (Å²) in [5, 5.41) is 3.17. The maximum Gasteiger partial charge on any atom is 0.263 e. The predicted octanol–water partition coefficient (Wildman–Crippen LogP) is 4.01. The van der Waals surface area contributed by atoms with Gasteiger partial charge < -0.3 is 15.0 Å². The van der Waals surface area contributed by atoms with Crippen LogP contribution < -0.4 is 15.0 Å². The Morgan fingerprint density at radius 2 is 1.70 bits per heavy atom. The molecular formula is C25H31FN2O4S. The van der Waals surface area contributed by atoms with Gasteiger partial charge in [-0.25, -0.2) is 12.8 Å². The lowest BCUT2D eigenvalue weighted by Crippen LogP contribution is -2.55. The maximum atomic E-state index is 13.4. The molecule has 2 aliphatic heterocycles. The van der Waals surface area contributed by atoms with E-state index in [0.717, 1.165) is 31.4 Å². The molecule has 1 unspecified atom stereocenters. The van der Waals surface area contributed by atoms with Gasteiger partial charge in [0.15, 0.2) is 15.4 Å². The first-order valence-corrected chi connectivity index (χ1v) is 13.2. The van der Waals surface area contributed by atoms with Crippen LogP contribution >= 0.6 is 0 Å². The Kier molecular flexibility index (Phi) is 6.16. The van der Waals surface area contributed by atoms with Gasteiger partial charge in [0, 0.05) is 30.1 Å². The Bertz CT molecular complexity index is 1130. The van der Waals surface area contributed by atoms with Crippen molar-refractivity contribution in [3.05, 3.63) is 53.8 Å². The second-order valence-electron chi connectivity index (χ2n) is 9.72. The molecule has 4 rings (SSSR count). The Morgan fingerprint density at radius 1 is 1.09 bits per heavy atom. The average Bonchev–Trinajstić information content (AvgIpc) is 3.00. The Balaban J connectivity index is 1.41. The molecule has 2 aromatic rings. The lowest BCUT2D eigenvalue weighted by Gasteiger charge is -2.41. The van der Waals surface area contributed by atoms with E-state index in [0.29, 0.717) is 28.3 Å². The van der Waals surface area contributed by atoms with Crippen molar-refractivity contribution >= 4 is 21.4 Å². The van der Waals surface area contributed by atoms with E-state index < -0.39 is 15.4 Å². The normalized spacial score (nSPS) is 22.8. The zero-order chi connectivity index (χ0) is 24.0. The Morgan fingerprint density at radius 3 is 2.24 bits per heavy atom. The van der Waals surface area contributed by atoms with Gasteiger partial charge in [-0.2, -0.15) is 0 Å². The number of halogens is 1. The second-order valence-corrected chi connectivity index (χ2v) is 11.7. The van der Waals surface area contributed by atoms with Crippen LogP contribution in [-0.4, -0.2) is 44.3 Å². The van der Waals surface area contributed by atoms with E-state index in [1.54, 1.807) is 39.0 Å². The van der Waals surface area contributed by atoms with Crippen LogP contribution in [0.3, 0.4) is 0 Å². The zero-order valence-electron chi connectivity index (χ0n) is 19.5. The summed E-state index contributed by atoms with van der Waals surface area (Å²) in [6.45, 7) is 5.19. The highest BCUT2D eigenvalue weighted by molar-refractivity contribution is 7.90. The van der Waals surface area contributed by atoms with E-state index in [9.17, 15) is 17.6 Å². The molecule has 2 aliphatic rings. The Labute approximate surface area is 195 Å². The van der Waals surface area contributed by atoms with E-state index >= 15 is 0 Å². The summed E-state index contributed by atoms with van der Waals surface area (Å²) in [6.07, 6.45) is 4.94. The molecule has 2 fully saturated rings. The van der Waals surface area contributed by atoms with Crippen molar-refractivity contribution < 1.29 is 22.3 Å². The van der Waals surface area contributed by atoms with Gasteiger partial charge in [-0.05, 0) is 94.5 Å². The summed E-state index contributed by atoms with van der Waals surface area (Å²) in [5.74, 6) is -0.0409. The van der Waals surface area contributed by atoms with Gasteiger partial charge in [-0.15, -0.1) is 0 Å². The molecule has 6 nitrogen and oxygen atoms in total. The lowest BCUT2D eigenvalue weighted by atomic mass is 9.95. The number of nitrogens with zero attached hydrogens (tertiary/aromatic N) is 1. The first kappa shape index (κ1) is 23.5. The number of hydrogen-bond acceptors (Lipinski definition) is 5. The molecule has 1 amide bonds. The number of sulfone groups is 1. The fraction of sp³-hybridized carbons (Fsp3) is 0.480. The predicted molar refractivity (Wildman–Crippen MR) is 126 cm³/mol. The van der Waals surface area contributed by atoms with Crippen molar-refractivity contribution in [1.82, 2.24) is 5.32 Å². The van der Waals surface area contributed by atoms with Crippen molar-refractivity contribution in [1.29, 1.82) is 0 Å². The molecule has 0 aliphatic carbocycles. The molecule has 2 aromatic carbocycles. The molecule has 0 radical (unpaired) electrons. The van der Waals surface area contributed by atoms with Crippen molar-refractivity contribution in [3.63, 3.8) is 0 Å². The van der Waals surface area contributed by atoms with Crippen LogP contribution in [0.1, 0.15) is 45.1 Å². The number of amides is 1. The van der Waals surface area contributed by atoms with E-state index in [1.165, 1.54) is 18.4 Å². The first-order chi connectivity index (χ1) is 15.4. The van der Waals surface area contributed by atoms with Crippen LogP contribution in [0.5, 0.6) is 5.75 Å². The summed E-state index contributed by atoms with van der Waals surface area (Å²) in [7, 11) is -3.22. The standard InChI is InChI=1S/C25H31FN2O4S/c1-16-13-17(26)5-12-23(16)32-25(2,3)24(29)27-18-14-20-6-7-21(15-18)28(20)19-8-10-22(11-9-19)33(4,30)31/h5,8-13,18,20-21H,6-7,14-15H2,1-4H3,(H,27,29)/t18?,20-,21+. The van der Waals surface area contributed by atoms with Crippen LogP contribution in [0.25, 0.3) is 0 Å².